The molecule has 1 rings (SSSR count). The van der Waals surface area contributed by atoms with E-state index in [0.717, 1.165) is 12.0 Å². The zero-order valence-corrected chi connectivity index (χ0v) is 11.9. The van der Waals surface area contributed by atoms with E-state index >= 15 is 0 Å². The number of halogens is 1. The zero-order chi connectivity index (χ0) is 13.5. The number of methoxy groups -OCH3 is 2. The molecule has 0 aliphatic carbocycles. The molecule has 4 heteroatoms. The van der Waals surface area contributed by atoms with Gasteiger partial charge in [0.25, 0.3) is 0 Å². The Bertz CT molecular complexity index is 463. The number of ether oxygens (including phenoxy) is 2. The minimum atomic E-state index is 0.120. The summed E-state index contributed by atoms with van der Waals surface area (Å²) < 4.78 is 10.5. The summed E-state index contributed by atoms with van der Waals surface area (Å²) in [6.45, 7) is 1.83. The second kappa shape index (κ2) is 7.15. The number of hydrogen-bond acceptors (Lipinski definition) is 3. The Morgan fingerprint density at radius 1 is 1.33 bits per heavy atom. The normalized spacial score (nSPS) is 11.4. The van der Waals surface area contributed by atoms with Crippen LogP contribution in [0.15, 0.2) is 12.1 Å². The molecule has 0 aliphatic heterocycles. The minimum absolute atomic E-state index is 0.120. The first-order chi connectivity index (χ1) is 8.67. The molecule has 0 saturated heterocycles. The quantitative estimate of drug-likeness (QED) is 0.832. The van der Waals surface area contributed by atoms with E-state index in [2.05, 4.69) is 17.2 Å². The first kappa shape index (κ1) is 14.7. The molecule has 3 nitrogen and oxygen atoms in total. The van der Waals surface area contributed by atoms with Gasteiger partial charge < -0.3 is 14.8 Å². The monoisotopic (exact) mass is 267 g/mol. The molecule has 18 heavy (non-hydrogen) atoms. The van der Waals surface area contributed by atoms with E-state index in [1.54, 1.807) is 14.2 Å². The average molecular weight is 268 g/mol. The van der Waals surface area contributed by atoms with Gasteiger partial charge in [0.2, 0.25) is 0 Å². The molecule has 0 heterocycles. The lowest BCUT2D eigenvalue weighted by atomic mass is 10.0. The van der Waals surface area contributed by atoms with Crippen molar-refractivity contribution in [3.8, 4) is 23.3 Å². The van der Waals surface area contributed by atoms with E-state index in [1.807, 2.05) is 26.1 Å². The van der Waals surface area contributed by atoms with Crippen LogP contribution in [0.2, 0.25) is 5.02 Å². The van der Waals surface area contributed by atoms with Gasteiger partial charge in [-0.05, 0) is 31.7 Å². The Morgan fingerprint density at radius 3 is 2.56 bits per heavy atom. The van der Waals surface area contributed by atoms with Gasteiger partial charge in [-0.25, -0.2) is 0 Å². The van der Waals surface area contributed by atoms with Crippen LogP contribution in [0.3, 0.4) is 0 Å². The fraction of sp³-hybridized carbons (Fsp3) is 0.429. The van der Waals surface area contributed by atoms with Gasteiger partial charge in [0.15, 0.2) is 11.5 Å². The van der Waals surface area contributed by atoms with Crippen LogP contribution in [-0.2, 0) is 0 Å². The topological polar surface area (TPSA) is 30.5 Å². The Balaban J connectivity index is 3.14. The van der Waals surface area contributed by atoms with Crippen LogP contribution >= 0.6 is 11.6 Å². The molecule has 0 aromatic heterocycles. The molecule has 98 valence electrons. The Kier molecular flexibility index (Phi) is 5.84. The van der Waals surface area contributed by atoms with E-state index in [1.165, 1.54) is 0 Å². The smallest absolute Gasteiger partial charge is 0.179 e. The van der Waals surface area contributed by atoms with Crippen LogP contribution in [-0.4, -0.2) is 21.3 Å². The van der Waals surface area contributed by atoms with Crippen LogP contribution < -0.4 is 14.8 Å². The van der Waals surface area contributed by atoms with Gasteiger partial charge in [-0.3, -0.25) is 0 Å². The van der Waals surface area contributed by atoms with Crippen LogP contribution in [0.25, 0.3) is 0 Å². The van der Waals surface area contributed by atoms with Crippen molar-refractivity contribution in [1.82, 2.24) is 5.32 Å². The lowest BCUT2D eigenvalue weighted by Crippen LogP contribution is -2.16. The fourth-order valence-corrected chi connectivity index (χ4v) is 2.03. The SMILES string of the molecule is CC#CCC(NC)c1cc(Cl)c(OC)c(OC)c1. The van der Waals surface area contributed by atoms with Crippen LogP contribution in [0.4, 0.5) is 0 Å². The highest BCUT2D eigenvalue weighted by atomic mass is 35.5. The van der Waals surface area contributed by atoms with E-state index in [-0.39, 0.29) is 6.04 Å². The van der Waals surface area contributed by atoms with Gasteiger partial charge >= 0.3 is 0 Å². The maximum absolute atomic E-state index is 6.18. The lowest BCUT2D eigenvalue weighted by molar-refractivity contribution is 0.354. The summed E-state index contributed by atoms with van der Waals surface area (Å²) in [6.07, 6.45) is 0.721. The highest BCUT2D eigenvalue weighted by molar-refractivity contribution is 6.32. The largest absolute Gasteiger partial charge is 0.493 e. The third kappa shape index (κ3) is 3.32. The molecule has 1 atom stereocenters. The van der Waals surface area contributed by atoms with Gasteiger partial charge in [-0.15, -0.1) is 11.8 Å². The second-order valence-corrected chi connectivity index (χ2v) is 4.12. The van der Waals surface area contributed by atoms with Crippen molar-refractivity contribution in [2.75, 3.05) is 21.3 Å². The van der Waals surface area contributed by atoms with E-state index in [4.69, 9.17) is 21.1 Å². The van der Waals surface area contributed by atoms with Gasteiger partial charge in [-0.2, -0.15) is 0 Å². The maximum atomic E-state index is 6.18. The van der Waals surface area contributed by atoms with Crippen molar-refractivity contribution in [3.63, 3.8) is 0 Å². The first-order valence-electron chi connectivity index (χ1n) is 5.66. The molecular formula is C14H18ClNO2. The standard InChI is InChI=1S/C14H18ClNO2/c1-5-6-7-12(16-2)10-8-11(15)14(18-4)13(9-10)17-3/h8-9,12,16H,7H2,1-4H3. The molecule has 1 aromatic carbocycles. The third-order valence-electron chi connectivity index (χ3n) is 2.69. The zero-order valence-electron chi connectivity index (χ0n) is 11.1. The molecule has 0 fully saturated rings. The summed E-state index contributed by atoms with van der Waals surface area (Å²) in [6, 6.07) is 3.92. The Labute approximate surface area is 113 Å². The predicted molar refractivity (Wildman–Crippen MR) is 74.4 cm³/mol. The lowest BCUT2D eigenvalue weighted by Gasteiger charge is -2.17. The van der Waals surface area contributed by atoms with Crippen LogP contribution in [0.5, 0.6) is 11.5 Å². The number of nitrogens with one attached hydrogen (secondary N) is 1. The van der Waals surface area contributed by atoms with Crippen molar-refractivity contribution >= 4 is 11.6 Å². The molecular weight excluding hydrogens is 250 g/mol. The van der Waals surface area contributed by atoms with Crippen LogP contribution in [0.1, 0.15) is 24.9 Å². The fourth-order valence-electron chi connectivity index (χ4n) is 1.73. The third-order valence-corrected chi connectivity index (χ3v) is 2.97. The first-order valence-corrected chi connectivity index (χ1v) is 6.04. The maximum Gasteiger partial charge on any atom is 0.179 e. The summed E-state index contributed by atoms with van der Waals surface area (Å²) in [5.74, 6) is 7.13. The molecule has 0 aliphatic rings. The van der Waals surface area contributed by atoms with Gasteiger partial charge in [-0.1, -0.05) is 11.6 Å². The summed E-state index contributed by atoms with van der Waals surface area (Å²) in [5, 5.41) is 3.75. The summed E-state index contributed by atoms with van der Waals surface area (Å²) in [7, 11) is 5.06. The highest BCUT2D eigenvalue weighted by Gasteiger charge is 2.15. The molecule has 0 bridgehead atoms. The van der Waals surface area contributed by atoms with Crippen molar-refractivity contribution in [2.45, 2.75) is 19.4 Å². The minimum Gasteiger partial charge on any atom is -0.493 e. The molecule has 0 spiro atoms. The van der Waals surface area contributed by atoms with Crippen molar-refractivity contribution in [2.24, 2.45) is 0 Å². The molecule has 0 radical (unpaired) electrons. The number of benzene rings is 1. The number of rotatable bonds is 5. The molecule has 1 N–H and O–H groups in total. The van der Waals surface area contributed by atoms with Crippen molar-refractivity contribution in [1.29, 1.82) is 0 Å². The second-order valence-electron chi connectivity index (χ2n) is 3.71. The Morgan fingerprint density at radius 2 is 2.06 bits per heavy atom. The van der Waals surface area contributed by atoms with E-state index < -0.39 is 0 Å². The van der Waals surface area contributed by atoms with Gasteiger partial charge in [0, 0.05) is 12.5 Å². The van der Waals surface area contributed by atoms with Gasteiger partial charge in [0.1, 0.15) is 0 Å². The molecule has 1 unspecified atom stereocenters. The number of hydrogen-bond donors (Lipinski definition) is 1. The van der Waals surface area contributed by atoms with Gasteiger partial charge in [0.05, 0.1) is 19.2 Å². The highest BCUT2D eigenvalue weighted by Crippen LogP contribution is 2.37. The summed E-state index contributed by atoms with van der Waals surface area (Å²) in [4.78, 5) is 0. The Hall–Kier alpha value is -1.37. The average Bonchev–Trinajstić information content (AvgIpc) is 2.38. The predicted octanol–water partition coefficient (Wildman–Crippen LogP) is 3.03. The molecule has 1 aromatic rings. The molecule has 0 amide bonds. The summed E-state index contributed by atoms with van der Waals surface area (Å²) >= 11 is 6.18. The molecule has 0 saturated carbocycles. The van der Waals surface area contributed by atoms with E-state index in [9.17, 15) is 0 Å². The van der Waals surface area contributed by atoms with E-state index in [0.29, 0.717) is 16.5 Å². The van der Waals surface area contributed by atoms with Crippen molar-refractivity contribution < 1.29 is 9.47 Å². The van der Waals surface area contributed by atoms with Crippen LogP contribution in [0, 0.1) is 11.8 Å². The summed E-state index contributed by atoms with van der Waals surface area (Å²) in [5.41, 5.74) is 1.03. The van der Waals surface area contributed by atoms with Crippen molar-refractivity contribution in [3.05, 3.63) is 22.7 Å².